The van der Waals surface area contributed by atoms with Crippen molar-refractivity contribution in [1.82, 2.24) is 4.98 Å². The van der Waals surface area contributed by atoms with Crippen molar-refractivity contribution in [2.45, 2.75) is 34.0 Å². The van der Waals surface area contributed by atoms with Crippen LogP contribution in [0.25, 0.3) is 10.8 Å². The number of pyridine rings is 1. The smallest absolute Gasteiger partial charge is 0.333 e. The van der Waals surface area contributed by atoms with Crippen LogP contribution >= 0.6 is 0 Å². The minimum atomic E-state index is -0.356. The van der Waals surface area contributed by atoms with Crippen molar-refractivity contribution in [3.63, 3.8) is 0 Å². The maximum absolute atomic E-state index is 12.0. The van der Waals surface area contributed by atoms with Gasteiger partial charge in [0, 0.05) is 28.1 Å². The first-order valence-electron chi connectivity index (χ1n) is 9.47. The highest BCUT2D eigenvalue weighted by Crippen LogP contribution is 2.38. The average molecular weight is 391 g/mol. The summed E-state index contributed by atoms with van der Waals surface area (Å²) in [5, 5.41) is 1.74. The summed E-state index contributed by atoms with van der Waals surface area (Å²) in [6.45, 7) is 6.01. The molecule has 1 heterocycles. The van der Waals surface area contributed by atoms with Gasteiger partial charge in [-0.3, -0.25) is 4.98 Å². The van der Waals surface area contributed by atoms with E-state index < -0.39 is 0 Å². The molecule has 0 fully saturated rings. The lowest BCUT2D eigenvalue weighted by atomic mass is 10.0. The summed E-state index contributed by atoms with van der Waals surface area (Å²) in [5.41, 5.74) is 3.20. The third-order valence-corrected chi connectivity index (χ3v) is 4.84. The van der Waals surface area contributed by atoms with Gasteiger partial charge in [-0.25, -0.2) is 4.79 Å². The van der Waals surface area contributed by atoms with E-state index in [1.807, 2.05) is 49.4 Å². The van der Waals surface area contributed by atoms with E-state index in [9.17, 15) is 4.79 Å². The van der Waals surface area contributed by atoms with Gasteiger partial charge in [0.25, 0.3) is 0 Å². The third-order valence-electron chi connectivity index (χ3n) is 4.84. The zero-order chi connectivity index (χ0) is 20.8. The van der Waals surface area contributed by atoms with E-state index in [1.165, 1.54) is 0 Å². The molecule has 5 nitrogen and oxygen atoms in total. The molecule has 0 amide bonds. The van der Waals surface area contributed by atoms with Crippen LogP contribution < -0.4 is 9.47 Å². The van der Waals surface area contributed by atoms with Crippen molar-refractivity contribution in [3.05, 3.63) is 77.1 Å². The van der Waals surface area contributed by atoms with Gasteiger partial charge in [0.2, 0.25) is 0 Å². The number of esters is 1. The average Bonchev–Trinajstić information content (AvgIpc) is 2.76. The summed E-state index contributed by atoms with van der Waals surface area (Å²) >= 11 is 0. The minimum absolute atomic E-state index is 0.0751. The molecule has 0 aliphatic carbocycles. The van der Waals surface area contributed by atoms with Gasteiger partial charge in [0.05, 0.1) is 12.8 Å². The molecular formula is C24H25NO4. The molecule has 0 atom stereocenters. The second-order valence-electron chi connectivity index (χ2n) is 6.71. The van der Waals surface area contributed by atoms with Crippen molar-refractivity contribution in [2.24, 2.45) is 0 Å². The van der Waals surface area contributed by atoms with Crippen molar-refractivity contribution in [2.75, 3.05) is 7.11 Å². The van der Waals surface area contributed by atoms with E-state index in [0.717, 1.165) is 27.6 Å². The van der Waals surface area contributed by atoms with Crippen LogP contribution in [0.15, 0.2) is 60.3 Å². The predicted octanol–water partition coefficient (Wildman–Crippen LogP) is 5.14. The topological polar surface area (TPSA) is 57.7 Å². The van der Waals surface area contributed by atoms with E-state index in [-0.39, 0.29) is 12.6 Å². The van der Waals surface area contributed by atoms with E-state index in [1.54, 1.807) is 33.2 Å². The van der Waals surface area contributed by atoms with Crippen molar-refractivity contribution >= 4 is 16.7 Å². The van der Waals surface area contributed by atoms with Crippen LogP contribution in [0, 0.1) is 6.92 Å². The van der Waals surface area contributed by atoms with Gasteiger partial charge >= 0.3 is 5.97 Å². The van der Waals surface area contributed by atoms with E-state index in [0.29, 0.717) is 23.6 Å². The number of rotatable bonds is 7. The Kier molecular flexibility index (Phi) is 6.50. The molecule has 0 aliphatic heterocycles. The van der Waals surface area contributed by atoms with Crippen LogP contribution in [0.4, 0.5) is 0 Å². The molecule has 3 aromatic rings. The van der Waals surface area contributed by atoms with Gasteiger partial charge in [-0.15, -0.1) is 0 Å². The summed E-state index contributed by atoms with van der Waals surface area (Å²) in [7, 11) is 1.63. The number of nitrogens with zero attached hydrogens (tertiary/aromatic N) is 1. The lowest BCUT2D eigenvalue weighted by Gasteiger charge is -2.17. The molecule has 0 aliphatic rings. The Morgan fingerprint density at radius 3 is 2.55 bits per heavy atom. The molecular weight excluding hydrogens is 366 g/mol. The molecule has 150 valence electrons. The zero-order valence-electron chi connectivity index (χ0n) is 17.2. The standard InChI is InChI=1S/C24H25NO4/c1-5-16(2)24(26)29-15-21-20-13-22(27-4)17(3)23(19(20)11-12-25-21)28-14-18-9-7-6-8-10-18/h5-13H,14-15H2,1-4H3/b16-5-. The number of methoxy groups -OCH3 is 1. The Balaban J connectivity index is 1.97. The SMILES string of the molecule is C/C=C(/C)C(=O)OCc1nccc2c(OCc3ccccc3)c(C)c(OC)cc12. The van der Waals surface area contributed by atoms with Gasteiger partial charge in [-0.1, -0.05) is 36.4 Å². The quantitative estimate of drug-likeness (QED) is 0.412. The fraction of sp³-hybridized carbons (Fsp3) is 0.250. The maximum atomic E-state index is 12.0. The van der Waals surface area contributed by atoms with Crippen molar-refractivity contribution in [3.8, 4) is 11.5 Å². The Labute approximate surface area is 170 Å². The molecule has 0 unspecified atom stereocenters. The van der Waals surface area contributed by atoms with Gasteiger partial charge in [-0.2, -0.15) is 0 Å². The Morgan fingerprint density at radius 1 is 1.10 bits per heavy atom. The third kappa shape index (κ3) is 4.57. The van der Waals surface area contributed by atoms with Crippen LogP contribution in [-0.2, 0) is 22.7 Å². The van der Waals surface area contributed by atoms with Crippen LogP contribution in [-0.4, -0.2) is 18.1 Å². The fourth-order valence-electron chi connectivity index (χ4n) is 3.04. The summed E-state index contributed by atoms with van der Waals surface area (Å²) in [6, 6.07) is 13.8. The fourth-order valence-corrected chi connectivity index (χ4v) is 3.04. The zero-order valence-corrected chi connectivity index (χ0v) is 17.2. The number of carbonyl (C=O) groups excluding carboxylic acids is 1. The van der Waals surface area contributed by atoms with Gasteiger partial charge in [-0.05, 0) is 38.5 Å². The molecule has 29 heavy (non-hydrogen) atoms. The molecule has 3 rings (SSSR count). The molecule has 0 radical (unpaired) electrons. The van der Waals surface area contributed by atoms with Crippen molar-refractivity contribution < 1.29 is 19.0 Å². The predicted molar refractivity (Wildman–Crippen MR) is 113 cm³/mol. The molecule has 2 aromatic carbocycles. The number of carbonyl (C=O) groups is 1. The highest BCUT2D eigenvalue weighted by atomic mass is 16.5. The minimum Gasteiger partial charge on any atom is -0.496 e. The van der Waals surface area contributed by atoms with Gasteiger partial charge in [0.15, 0.2) is 0 Å². The molecule has 0 saturated carbocycles. The highest BCUT2D eigenvalue weighted by Gasteiger charge is 2.16. The van der Waals surface area contributed by atoms with E-state index >= 15 is 0 Å². The van der Waals surface area contributed by atoms with Crippen molar-refractivity contribution in [1.29, 1.82) is 0 Å². The number of hydrogen-bond acceptors (Lipinski definition) is 5. The summed E-state index contributed by atoms with van der Waals surface area (Å²) in [4.78, 5) is 16.4. The molecule has 0 N–H and O–H groups in total. The molecule has 0 spiro atoms. The summed E-state index contributed by atoms with van der Waals surface area (Å²) in [5.74, 6) is 1.08. The largest absolute Gasteiger partial charge is 0.496 e. The second kappa shape index (κ2) is 9.24. The summed E-state index contributed by atoms with van der Waals surface area (Å²) in [6.07, 6.45) is 3.43. The van der Waals surface area contributed by atoms with Crippen LogP contribution in [0.3, 0.4) is 0 Å². The number of aromatic nitrogens is 1. The van der Waals surface area contributed by atoms with E-state index in [2.05, 4.69) is 4.98 Å². The normalized spacial score (nSPS) is 11.4. The monoisotopic (exact) mass is 391 g/mol. The molecule has 1 aromatic heterocycles. The highest BCUT2D eigenvalue weighted by molar-refractivity contribution is 5.93. The van der Waals surface area contributed by atoms with Gasteiger partial charge in [0.1, 0.15) is 24.7 Å². The number of ether oxygens (including phenoxy) is 3. The maximum Gasteiger partial charge on any atom is 0.333 e. The second-order valence-corrected chi connectivity index (χ2v) is 6.71. The first-order chi connectivity index (χ1) is 14.0. The Bertz CT molecular complexity index is 1040. The lowest BCUT2D eigenvalue weighted by molar-refractivity contribution is -0.140. The van der Waals surface area contributed by atoms with Crippen LogP contribution in [0.5, 0.6) is 11.5 Å². The Morgan fingerprint density at radius 2 is 1.86 bits per heavy atom. The number of hydrogen-bond donors (Lipinski definition) is 0. The number of fused-ring (bicyclic) bond motifs is 1. The van der Waals surface area contributed by atoms with E-state index in [4.69, 9.17) is 14.2 Å². The number of benzene rings is 2. The first kappa shape index (κ1) is 20.4. The first-order valence-corrected chi connectivity index (χ1v) is 9.47. The number of allylic oxidation sites excluding steroid dienone is 1. The Hall–Kier alpha value is -3.34. The van der Waals surface area contributed by atoms with Gasteiger partial charge < -0.3 is 14.2 Å². The lowest BCUT2D eigenvalue weighted by Crippen LogP contribution is -2.07. The molecule has 0 saturated heterocycles. The summed E-state index contributed by atoms with van der Waals surface area (Å²) < 4.78 is 17.2. The van der Waals surface area contributed by atoms with Crippen LogP contribution in [0.1, 0.15) is 30.7 Å². The molecule has 0 bridgehead atoms. The van der Waals surface area contributed by atoms with Crippen LogP contribution in [0.2, 0.25) is 0 Å². The molecule has 5 heteroatoms.